The first-order chi connectivity index (χ1) is 4.79. The van der Waals surface area contributed by atoms with Gasteiger partial charge in [0.1, 0.15) is 5.92 Å². The first-order valence-corrected chi connectivity index (χ1v) is 2.90. The van der Waals surface area contributed by atoms with Crippen LogP contribution in [-0.2, 0) is 4.79 Å². The van der Waals surface area contributed by atoms with Crippen molar-refractivity contribution in [3.8, 4) is 12.3 Å². The van der Waals surface area contributed by atoms with E-state index in [1.807, 2.05) is 6.07 Å². The van der Waals surface area contributed by atoms with E-state index < -0.39 is 5.92 Å². The molecule has 1 unspecified atom stereocenters. The molecule has 0 aliphatic carbocycles. The maximum atomic E-state index is 10.8. The van der Waals surface area contributed by atoms with Crippen molar-refractivity contribution in [2.24, 2.45) is 5.92 Å². The molecule has 0 aromatic heterocycles. The van der Waals surface area contributed by atoms with Crippen LogP contribution >= 0.6 is 0 Å². The predicted molar refractivity (Wildman–Crippen MR) is 31.0 cm³/mol. The molecule has 1 rings (SSSR count). The number of rotatable bonds is 0. The fraction of sp³-hybridized carbons (Fsp3) is 0.500. The zero-order valence-electron chi connectivity index (χ0n) is 5.24. The minimum absolute atomic E-state index is 0.356. The zero-order valence-corrected chi connectivity index (χ0v) is 5.24. The monoisotopic (exact) mass is 135 g/mol. The Morgan fingerprint density at radius 1 is 1.60 bits per heavy atom. The van der Waals surface area contributed by atoms with Gasteiger partial charge in [-0.25, -0.2) is 4.90 Å². The minimum Gasteiger partial charge on any atom is -0.272 e. The SMILES string of the molecule is N#CC1CCN(C#N)C1=O. The normalized spacial score (nSPS) is 24.0. The maximum absolute atomic E-state index is 10.8. The lowest BCUT2D eigenvalue weighted by Gasteiger charge is -1.99. The molecule has 1 saturated heterocycles. The van der Waals surface area contributed by atoms with E-state index >= 15 is 0 Å². The van der Waals surface area contributed by atoms with Crippen molar-refractivity contribution in [2.45, 2.75) is 6.42 Å². The molecule has 0 radical (unpaired) electrons. The summed E-state index contributed by atoms with van der Waals surface area (Å²) < 4.78 is 0. The van der Waals surface area contributed by atoms with Crippen molar-refractivity contribution in [1.82, 2.24) is 4.90 Å². The van der Waals surface area contributed by atoms with Gasteiger partial charge >= 0.3 is 0 Å². The summed E-state index contributed by atoms with van der Waals surface area (Å²) in [5, 5.41) is 16.6. The molecule has 10 heavy (non-hydrogen) atoms. The Labute approximate surface area is 58.3 Å². The van der Waals surface area contributed by atoms with Crippen LogP contribution in [0.1, 0.15) is 6.42 Å². The topological polar surface area (TPSA) is 67.9 Å². The van der Waals surface area contributed by atoms with Gasteiger partial charge in [-0.05, 0) is 6.42 Å². The molecule has 1 atom stereocenters. The first-order valence-electron chi connectivity index (χ1n) is 2.90. The van der Waals surface area contributed by atoms with E-state index in [1.54, 1.807) is 6.19 Å². The van der Waals surface area contributed by atoms with Gasteiger partial charge in [0.05, 0.1) is 6.07 Å². The lowest BCUT2D eigenvalue weighted by molar-refractivity contribution is -0.127. The lowest BCUT2D eigenvalue weighted by Crippen LogP contribution is -2.21. The van der Waals surface area contributed by atoms with Crippen molar-refractivity contribution in [1.29, 1.82) is 10.5 Å². The average Bonchev–Trinajstić information content (AvgIpc) is 2.30. The van der Waals surface area contributed by atoms with Crippen molar-refractivity contribution in [3.63, 3.8) is 0 Å². The number of carbonyl (C=O) groups excluding carboxylic acids is 1. The van der Waals surface area contributed by atoms with E-state index in [-0.39, 0.29) is 5.91 Å². The van der Waals surface area contributed by atoms with Crippen LogP contribution in [0.4, 0.5) is 0 Å². The zero-order chi connectivity index (χ0) is 7.56. The van der Waals surface area contributed by atoms with Gasteiger partial charge in [0, 0.05) is 6.54 Å². The highest BCUT2D eigenvalue weighted by Gasteiger charge is 2.31. The molecular weight excluding hydrogens is 130 g/mol. The number of hydrogen-bond acceptors (Lipinski definition) is 3. The third-order valence-corrected chi connectivity index (χ3v) is 1.48. The van der Waals surface area contributed by atoms with E-state index in [1.165, 1.54) is 0 Å². The Morgan fingerprint density at radius 2 is 2.30 bits per heavy atom. The quantitative estimate of drug-likeness (QED) is 0.433. The Hall–Kier alpha value is -1.55. The van der Waals surface area contributed by atoms with Crippen LogP contribution in [0.5, 0.6) is 0 Å². The number of nitrogens with zero attached hydrogens (tertiary/aromatic N) is 3. The third-order valence-electron chi connectivity index (χ3n) is 1.48. The summed E-state index contributed by atoms with van der Waals surface area (Å²) in [4.78, 5) is 11.9. The molecule has 0 spiro atoms. The second kappa shape index (κ2) is 2.36. The Morgan fingerprint density at radius 3 is 2.60 bits per heavy atom. The fourth-order valence-electron chi connectivity index (χ4n) is 0.899. The summed E-state index contributed by atoms with van der Waals surface area (Å²) in [6, 6.07) is 1.84. The summed E-state index contributed by atoms with van der Waals surface area (Å²) in [5.74, 6) is -0.940. The van der Waals surface area contributed by atoms with Gasteiger partial charge in [0.2, 0.25) is 0 Å². The summed E-state index contributed by atoms with van der Waals surface area (Å²) >= 11 is 0. The van der Waals surface area contributed by atoms with Crippen LogP contribution in [0.2, 0.25) is 0 Å². The second-order valence-electron chi connectivity index (χ2n) is 2.06. The number of likely N-dealkylation sites (tertiary alicyclic amines) is 1. The molecule has 50 valence electrons. The first kappa shape index (κ1) is 6.57. The maximum Gasteiger partial charge on any atom is 0.252 e. The number of amides is 1. The number of carbonyl (C=O) groups is 1. The van der Waals surface area contributed by atoms with Crippen LogP contribution in [0.15, 0.2) is 0 Å². The van der Waals surface area contributed by atoms with Crippen LogP contribution in [0.3, 0.4) is 0 Å². The summed E-state index contributed by atoms with van der Waals surface area (Å²) in [5.41, 5.74) is 0. The minimum atomic E-state index is -0.584. The molecule has 0 aromatic carbocycles. The highest BCUT2D eigenvalue weighted by molar-refractivity contribution is 5.84. The Balaban J connectivity index is 2.72. The van der Waals surface area contributed by atoms with E-state index in [0.717, 1.165) is 4.90 Å². The van der Waals surface area contributed by atoms with E-state index in [9.17, 15) is 4.79 Å². The molecule has 0 bridgehead atoms. The molecule has 0 saturated carbocycles. The molecule has 4 nitrogen and oxygen atoms in total. The Bertz CT molecular complexity index is 210. The number of nitriles is 2. The van der Waals surface area contributed by atoms with E-state index in [2.05, 4.69) is 0 Å². The highest BCUT2D eigenvalue weighted by atomic mass is 16.2. The van der Waals surface area contributed by atoms with Crippen molar-refractivity contribution < 1.29 is 4.79 Å². The smallest absolute Gasteiger partial charge is 0.252 e. The van der Waals surface area contributed by atoms with Gasteiger partial charge in [-0.2, -0.15) is 10.5 Å². The van der Waals surface area contributed by atoms with Crippen molar-refractivity contribution >= 4 is 5.91 Å². The van der Waals surface area contributed by atoms with Gasteiger partial charge in [-0.3, -0.25) is 4.79 Å². The van der Waals surface area contributed by atoms with E-state index in [4.69, 9.17) is 10.5 Å². The molecule has 0 aromatic rings. The van der Waals surface area contributed by atoms with Gasteiger partial charge < -0.3 is 0 Å². The average molecular weight is 135 g/mol. The van der Waals surface area contributed by atoms with Gasteiger partial charge in [-0.1, -0.05) is 0 Å². The molecule has 0 N–H and O–H groups in total. The largest absolute Gasteiger partial charge is 0.272 e. The van der Waals surface area contributed by atoms with Crippen molar-refractivity contribution in [2.75, 3.05) is 6.54 Å². The van der Waals surface area contributed by atoms with Gasteiger partial charge in [-0.15, -0.1) is 0 Å². The molecule has 1 aliphatic rings. The molecule has 1 aliphatic heterocycles. The molecule has 4 heteroatoms. The summed E-state index contributed by atoms with van der Waals surface area (Å²) in [6.07, 6.45) is 2.20. The molecule has 1 amide bonds. The van der Waals surface area contributed by atoms with Crippen LogP contribution in [0.25, 0.3) is 0 Å². The summed E-state index contributed by atoms with van der Waals surface area (Å²) in [6.45, 7) is 0.396. The second-order valence-corrected chi connectivity index (χ2v) is 2.06. The molecule has 1 fully saturated rings. The van der Waals surface area contributed by atoms with E-state index in [0.29, 0.717) is 13.0 Å². The Kier molecular flexibility index (Phi) is 1.55. The molecule has 1 heterocycles. The number of hydrogen-bond donors (Lipinski definition) is 0. The van der Waals surface area contributed by atoms with Crippen LogP contribution in [0, 0.1) is 28.7 Å². The van der Waals surface area contributed by atoms with Gasteiger partial charge in [0.25, 0.3) is 5.91 Å². The standard InChI is InChI=1S/C6H5N3O/c7-3-5-1-2-9(4-8)6(5)10/h5H,1-2H2. The van der Waals surface area contributed by atoms with Crippen molar-refractivity contribution in [3.05, 3.63) is 0 Å². The van der Waals surface area contributed by atoms with Crippen LogP contribution in [-0.4, -0.2) is 17.4 Å². The fourth-order valence-corrected chi connectivity index (χ4v) is 0.899. The third kappa shape index (κ3) is 0.803. The predicted octanol–water partition coefficient (Wildman–Crippen LogP) is -0.160. The summed E-state index contributed by atoms with van der Waals surface area (Å²) in [7, 11) is 0. The van der Waals surface area contributed by atoms with Crippen LogP contribution < -0.4 is 0 Å². The highest BCUT2D eigenvalue weighted by Crippen LogP contribution is 2.15. The molecular formula is C6H5N3O. The lowest BCUT2D eigenvalue weighted by atomic mass is 10.1. The van der Waals surface area contributed by atoms with Gasteiger partial charge in [0.15, 0.2) is 6.19 Å².